The Kier molecular flexibility index (Phi) is 3.08. The molecule has 1 N–H and O–H groups in total. The number of aryl methyl sites for hydroxylation is 1. The number of carbonyl (C=O) groups is 1. The van der Waals surface area contributed by atoms with Crippen LogP contribution in [0.25, 0.3) is 0 Å². The number of esters is 1. The molecule has 1 saturated carbocycles. The van der Waals surface area contributed by atoms with Crippen molar-refractivity contribution in [2.45, 2.75) is 32.2 Å². The monoisotopic (exact) mass is 220 g/mol. The summed E-state index contributed by atoms with van der Waals surface area (Å²) in [4.78, 5) is 15.7. The number of hydrogen-bond donors (Lipinski definition) is 1. The van der Waals surface area contributed by atoms with E-state index in [2.05, 4.69) is 15.0 Å². The van der Waals surface area contributed by atoms with Crippen molar-refractivity contribution in [3.05, 3.63) is 23.4 Å². The first kappa shape index (κ1) is 10.9. The van der Waals surface area contributed by atoms with Crippen molar-refractivity contribution in [2.75, 3.05) is 12.4 Å². The lowest BCUT2D eigenvalue weighted by Gasteiger charge is -2.27. The Balaban J connectivity index is 2.11. The van der Waals surface area contributed by atoms with Gasteiger partial charge < -0.3 is 10.1 Å². The second-order valence-corrected chi connectivity index (χ2v) is 4.09. The average Bonchev–Trinajstić information content (AvgIpc) is 2.23. The van der Waals surface area contributed by atoms with Gasteiger partial charge in [0.15, 0.2) is 0 Å². The Morgan fingerprint density at radius 3 is 2.75 bits per heavy atom. The van der Waals surface area contributed by atoms with Gasteiger partial charge >= 0.3 is 5.97 Å². The SMILES string of the molecule is COC(=O)c1ccc(NC2CCC2)nc1C. The molecular weight excluding hydrogens is 204 g/mol. The van der Waals surface area contributed by atoms with Crippen molar-refractivity contribution in [1.82, 2.24) is 4.98 Å². The first-order valence-electron chi connectivity index (χ1n) is 5.53. The highest BCUT2D eigenvalue weighted by molar-refractivity contribution is 5.90. The molecule has 1 heterocycles. The van der Waals surface area contributed by atoms with Crippen LogP contribution in [-0.4, -0.2) is 24.1 Å². The van der Waals surface area contributed by atoms with Gasteiger partial charge in [-0.25, -0.2) is 9.78 Å². The molecule has 1 aliphatic carbocycles. The molecule has 4 heteroatoms. The molecule has 0 radical (unpaired) electrons. The number of aromatic nitrogens is 1. The third-order valence-electron chi connectivity index (χ3n) is 2.95. The summed E-state index contributed by atoms with van der Waals surface area (Å²) < 4.78 is 4.67. The Morgan fingerprint density at radius 2 is 2.25 bits per heavy atom. The highest BCUT2D eigenvalue weighted by Crippen LogP contribution is 2.22. The molecule has 0 saturated heterocycles. The fraction of sp³-hybridized carbons (Fsp3) is 0.500. The van der Waals surface area contributed by atoms with Gasteiger partial charge in [-0.15, -0.1) is 0 Å². The second-order valence-electron chi connectivity index (χ2n) is 4.09. The molecule has 86 valence electrons. The van der Waals surface area contributed by atoms with E-state index in [1.807, 2.05) is 13.0 Å². The molecule has 0 aromatic carbocycles. The van der Waals surface area contributed by atoms with Gasteiger partial charge in [-0.05, 0) is 38.3 Å². The summed E-state index contributed by atoms with van der Waals surface area (Å²) in [5, 5.41) is 3.34. The van der Waals surface area contributed by atoms with Crippen molar-refractivity contribution in [3.63, 3.8) is 0 Å². The number of methoxy groups -OCH3 is 1. The summed E-state index contributed by atoms with van der Waals surface area (Å²) in [6, 6.07) is 4.14. The van der Waals surface area contributed by atoms with Gasteiger partial charge in [0, 0.05) is 6.04 Å². The molecule has 1 aromatic rings. The standard InChI is InChI=1S/C12H16N2O2/c1-8-10(12(15)16-2)6-7-11(13-8)14-9-4-3-5-9/h6-7,9H,3-5H2,1-2H3,(H,13,14). The Labute approximate surface area is 95.0 Å². The van der Waals surface area contributed by atoms with Crippen LogP contribution in [0.4, 0.5) is 5.82 Å². The molecule has 0 unspecified atom stereocenters. The van der Waals surface area contributed by atoms with Crippen LogP contribution in [0.5, 0.6) is 0 Å². The molecule has 0 atom stereocenters. The number of nitrogens with zero attached hydrogens (tertiary/aromatic N) is 1. The van der Waals surface area contributed by atoms with Crippen molar-refractivity contribution in [1.29, 1.82) is 0 Å². The number of rotatable bonds is 3. The zero-order valence-electron chi connectivity index (χ0n) is 9.62. The summed E-state index contributed by atoms with van der Waals surface area (Å²) in [5.74, 6) is 0.509. The number of carbonyl (C=O) groups excluding carboxylic acids is 1. The highest BCUT2D eigenvalue weighted by Gasteiger charge is 2.18. The van der Waals surface area contributed by atoms with E-state index in [0.717, 1.165) is 5.82 Å². The predicted octanol–water partition coefficient (Wildman–Crippen LogP) is 2.14. The number of hydrogen-bond acceptors (Lipinski definition) is 4. The summed E-state index contributed by atoms with van der Waals surface area (Å²) in [6.45, 7) is 1.82. The molecule has 1 aromatic heterocycles. The lowest BCUT2D eigenvalue weighted by atomic mass is 9.93. The van der Waals surface area contributed by atoms with Crippen LogP contribution >= 0.6 is 0 Å². The number of nitrogens with one attached hydrogen (secondary N) is 1. The molecule has 1 aliphatic rings. The predicted molar refractivity (Wildman–Crippen MR) is 61.6 cm³/mol. The van der Waals surface area contributed by atoms with Gasteiger partial charge in [0.2, 0.25) is 0 Å². The molecule has 0 spiro atoms. The lowest BCUT2D eigenvalue weighted by Crippen LogP contribution is -2.27. The molecular formula is C12H16N2O2. The van der Waals surface area contributed by atoms with E-state index in [0.29, 0.717) is 17.3 Å². The maximum absolute atomic E-state index is 11.4. The average molecular weight is 220 g/mol. The Morgan fingerprint density at radius 1 is 1.50 bits per heavy atom. The third-order valence-corrected chi connectivity index (χ3v) is 2.95. The quantitative estimate of drug-likeness (QED) is 0.793. The first-order valence-corrected chi connectivity index (χ1v) is 5.53. The van der Waals surface area contributed by atoms with Gasteiger partial charge in [-0.1, -0.05) is 0 Å². The van der Waals surface area contributed by atoms with Crippen molar-refractivity contribution < 1.29 is 9.53 Å². The summed E-state index contributed by atoms with van der Waals surface area (Å²) in [6.07, 6.45) is 3.70. The third kappa shape index (κ3) is 2.15. The van der Waals surface area contributed by atoms with E-state index in [-0.39, 0.29) is 5.97 Å². The summed E-state index contributed by atoms with van der Waals surface area (Å²) >= 11 is 0. The maximum atomic E-state index is 11.4. The van der Waals surface area contributed by atoms with Crippen LogP contribution in [0.1, 0.15) is 35.3 Å². The summed E-state index contributed by atoms with van der Waals surface area (Å²) in [7, 11) is 1.38. The number of anilines is 1. The topological polar surface area (TPSA) is 51.2 Å². The number of ether oxygens (including phenoxy) is 1. The largest absolute Gasteiger partial charge is 0.465 e. The van der Waals surface area contributed by atoms with Gasteiger partial charge in [0.25, 0.3) is 0 Å². The van der Waals surface area contributed by atoms with Gasteiger partial charge in [-0.2, -0.15) is 0 Å². The molecule has 16 heavy (non-hydrogen) atoms. The van der Waals surface area contributed by atoms with Crippen molar-refractivity contribution in [3.8, 4) is 0 Å². The molecule has 4 nitrogen and oxygen atoms in total. The minimum absolute atomic E-state index is 0.333. The van der Waals surface area contributed by atoms with E-state index in [9.17, 15) is 4.79 Å². The number of pyridine rings is 1. The minimum atomic E-state index is -0.333. The molecule has 0 bridgehead atoms. The smallest absolute Gasteiger partial charge is 0.339 e. The summed E-state index contributed by atoms with van der Waals surface area (Å²) in [5.41, 5.74) is 1.23. The molecule has 2 rings (SSSR count). The van der Waals surface area contributed by atoms with E-state index in [1.165, 1.54) is 26.4 Å². The van der Waals surface area contributed by atoms with E-state index < -0.39 is 0 Å². The van der Waals surface area contributed by atoms with Crippen LogP contribution in [0.15, 0.2) is 12.1 Å². The lowest BCUT2D eigenvalue weighted by molar-refractivity contribution is 0.0599. The van der Waals surface area contributed by atoms with Gasteiger partial charge in [0.05, 0.1) is 18.4 Å². The van der Waals surface area contributed by atoms with Crippen LogP contribution in [-0.2, 0) is 4.74 Å². The maximum Gasteiger partial charge on any atom is 0.339 e. The first-order chi connectivity index (χ1) is 7.70. The van der Waals surface area contributed by atoms with E-state index in [1.54, 1.807) is 6.07 Å². The zero-order valence-corrected chi connectivity index (χ0v) is 9.62. The zero-order chi connectivity index (χ0) is 11.5. The molecule has 0 aliphatic heterocycles. The Hall–Kier alpha value is -1.58. The van der Waals surface area contributed by atoms with Crippen molar-refractivity contribution >= 4 is 11.8 Å². The fourth-order valence-corrected chi connectivity index (χ4v) is 1.73. The highest BCUT2D eigenvalue weighted by atomic mass is 16.5. The van der Waals surface area contributed by atoms with E-state index >= 15 is 0 Å². The van der Waals surface area contributed by atoms with Crippen LogP contribution < -0.4 is 5.32 Å². The van der Waals surface area contributed by atoms with Crippen LogP contribution in [0.3, 0.4) is 0 Å². The van der Waals surface area contributed by atoms with Crippen LogP contribution in [0.2, 0.25) is 0 Å². The fourth-order valence-electron chi connectivity index (χ4n) is 1.73. The van der Waals surface area contributed by atoms with Crippen molar-refractivity contribution in [2.24, 2.45) is 0 Å². The van der Waals surface area contributed by atoms with Crippen LogP contribution in [0, 0.1) is 6.92 Å². The second kappa shape index (κ2) is 4.51. The molecule has 0 amide bonds. The normalized spacial score (nSPS) is 15.4. The van der Waals surface area contributed by atoms with Gasteiger partial charge in [-0.3, -0.25) is 0 Å². The molecule has 1 fully saturated rings. The van der Waals surface area contributed by atoms with E-state index in [4.69, 9.17) is 0 Å². The minimum Gasteiger partial charge on any atom is -0.465 e. The Bertz CT molecular complexity index is 400. The van der Waals surface area contributed by atoms with Gasteiger partial charge in [0.1, 0.15) is 5.82 Å².